The fourth-order valence-electron chi connectivity index (χ4n) is 6.14. The molecule has 0 fully saturated rings. The molecule has 0 atom stereocenters. The van der Waals surface area contributed by atoms with Gasteiger partial charge in [-0.1, -0.05) is 180 Å². The van der Waals surface area contributed by atoms with Gasteiger partial charge in [-0.05, 0) is 12.8 Å². The highest BCUT2D eigenvalue weighted by Crippen LogP contribution is 2.14. The maximum absolute atomic E-state index is 2.29. The molecule has 0 saturated heterocycles. The van der Waals surface area contributed by atoms with E-state index in [0.717, 1.165) is 0 Å². The molecule has 0 aromatic carbocycles. The summed E-state index contributed by atoms with van der Waals surface area (Å²) < 4.78 is 4.58. The van der Waals surface area contributed by atoms with Gasteiger partial charge in [0.25, 0.3) is 0 Å². The Kier molecular flexibility index (Phi) is 44.5. The van der Waals surface area contributed by atoms with Gasteiger partial charge in [0.1, 0.15) is 13.1 Å². The van der Waals surface area contributed by atoms with Crippen LogP contribution in [0.3, 0.4) is 0 Å². The minimum absolute atomic E-state index is 0. The maximum atomic E-state index is 2.29. The summed E-state index contributed by atoms with van der Waals surface area (Å²) in [6.07, 6.45) is 48.8. The van der Waals surface area contributed by atoms with Crippen LogP contribution in [0, 0.1) is 0 Å². The Morgan fingerprint density at radius 1 is 0.255 bits per heavy atom. The van der Waals surface area contributed by atoms with Crippen LogP contribution in [-0.4, -0.2) is 16.4 Å². The molecule has 5 nitrogen and oxygen atoms in total. The smallest absolute Gasteiger partial charge is 0.168 e. The highest BCUT2D eigenvalue weighted by atomic mass is 16.0. The SMILES string of the molecule is CCCCCCCCCCCCCCCC[n+]1ccccc1.CCCCCCCCCCCCCCCC[n+]1ccccc1.O.O.O. The van der Waals surface area contributed by atoms with Gasteiger partial charge >= 0.3 is 0 Å². The van der Waals surface area contributed by atoms with Crippen LogP contribution in [0.25, 0.3) is 0 Å². The van der Waals surface area contributed by atoms with E-state index < -0.39 is 0 Å². The van der Waals surface area contributed by atoms with E-state index in [2.05, 4.69) is 84.2 Å². The number of unbranched alkanes of at least 4 members (excludes halogenated alkanes) is 26. The number of hydrogen-bond donors (Lipinski definition) is 0. The zero-order valence-electron chi connectivity index (χ0n) is 31.4. The van der Waals surface area contributed by atoms with Crippen molar-refractivity contribution in [1.82, 2.24) is 0 Å². The molecule has 0 bridgehead atoms. The van der Waals surface area contributed by atoms with Crippen molar-refractivity contribution in [2.75, 3.05) is 0 Å². The van der Waals surface area contributed by atoms with Crippen molar-refractivity contribution in [3.8, 4) is 0 Å². The van der Waals surface area contributed by atoms with Gasteiger partial charge in [-0.3, -0.25) is 0 Å². The van der Waals surface area contributed by atoms with Crippen molar-refractivity contribution >= 4 is 0 Å². The first kappa shape index (κ1) is 49.6. The molecular formula is C42H82N2O3+2. The highest BCUT2D eigenvalue weighted by molar-refractivity contribution is 4.84. The van der Waals surface area contributed by atoms with E-state index in [-0.39, 0.29) is 16.4 Å². The predicted octanol–water partition coefficient (Wildman–Crippen LogP) is 10.4. The molecule has 5 heteroatoms. The lowest BCUT2D eigenvalue weighted by atomic mass is 10.0. The Morgan fingerprint density at radius 3 is 0.660 bits per heavy atom. The van der Waals surface area contributed by atoms with E-state index >= 15 is 0 Å². The van der Waals surface area contributed by atoms with Crippen molar-refractivity contribution in [1.29, 1.82) is 0 Å². The fourth-order valence-corrected chi connectivity index (χ4v) is 6.14. The summed E-state index contributed by atoms with van der Waals surface area (Å²) in [4.78, 5) is 0. The summed E-state index contributed by atoms with van der Waals surface area (Å²) in [7, 11) is 0. The van der Waals surface area contributed by atoms with Gasteiger partial charge in [-0.15, -0.1) is 0 Å². The molecule has 2 aromatic heterocycles. The third kappa shape index (κ3) is 36.9. The molecule has 0 amide bonds. The number of pyridine rings is 2. The van der Waals surface area contributed by atoms with Crippen molar-refractivity contribution in [2.45, 2.75) is 207 Å². The molecule has 0 aliphatic rings. The topological polar surface area (TPSA) is 102 Å². The van der Waals surface area contributed by atoms with E-state index in [4.69, 9.17) is 0 Å². The van der Waals surface area contributed by atoms with Crippen molar-refractivity contribution in [2.24, 2.45) is 0 Å². The summed E-state index contributed by atoms with van der Waals surface area (Å²) in [5.74, 6) is 0. The number of hydrogen-bond acceptors (Lipinski definition) is 0. The minimum atomic E-state index is 0. The van der Waals surface area contributed by atoms with Gasteiger partial charge in [0.2, 0.25) is 0 Å². The van der Waals surface area contributed by atoms with Gasteiger partial charge in [-0.2, -0.15) is 0 Å². The van der Waals surface area contributed by atoms with Crippen molar-refractivity contribution in [3.05, 3.63) is 61.2 Å². The molecule has 47 heavy (non-hydrogen) atoms. The average Bonchev–Trinajstić information content (AvgIpc) is 3.06. The molecule has 0 radical (unpaired) electrons. The standard InChI is InChI=1S/2C21H38N.3H2O/c2*1-2-3-4-5-6-7-8-9-10-11-12-13-14-16-19-22-20-17-15-18-21-22;;;/h2*15,17-18,20-21H,2-14,16,19H2,1H3;3*1H2/q2*+1;;;. The maximum Gasteiger partial charge on any atom is 0.168 e. The van der Waals surface area contributed by atoms with Crippen LogP contribution in [0.1, 0.15) is 194 Å². The lowest BCUT2D eigenvalue weighted by Gasteiger charge is -2.02. The summed E-state index contributed by atoms with van der Waals surface area (Å²) >= 11 is 0. The zero-order chi connectivity index (χ0) is 31.4. The second-order valence-electron chi connectivity index (χ2n) is 13.4. The summed E-state index contributed by atoms with van der Waals surface area (Å²) in [5.41, 5.74) is 0. The summed E-state index contributed by atoms with van der Waals surface area (Å²) in [5, 5.41) is 0. The van der Waals surface area contributed by atoms with Gasteiger partial charge in [0, 0.05) is 37.1 Å². The minimum Gasteiger partial charge on any atom is -0.412 e. The third-order valence-corrected chi connectivity index (χ3v) is 9.09. The number of aryl methyl sites for hydroxylation is 2. The molecule has 0 spiro atoms. The Balaban J connectivity index is -0.000000774. The first-order chi connectivity index (χ1) is 21.9. The molecule has 0 unspecified atom stereocenters. The highest BCUT2D eigenvalue weighted by Gasteiger charge is 1.99. The van der Waals surface area contributed by atoms with Gasteiger partial charge in [0.05, 0.1) is 0 Å². The van der Waals surface area contributed by atoms with Crippen LogP contribution in [0.2, 0.25) is 0 Å². The summed E-state index contributed by atoms with van der Waals surface area (Å²) in [6, 6.07) is 12.6. The molecule has 2 rings (SSSR count). The van der Waals surface area contributed by atoms with E-state index in [1.54, 1.807) is 0 Å². The van der Waals surface area contributed by atoms with E-state index in [1.807, 2.05) is 0 Å². The van der Waals surface area contributed by atoms with E-state index in [9.17, 15) is 0 Å². The molecule has 0 aliphatic carbocycles. The molecule has 0 aliphatic heterocycles. The van der Waals surface area contributed by atoms with Crippen LogP contribution in [0.4, 0.5) is 0 Å². The van der Waals surface area contributed by atoms with Gasteiger partial charge in [0.15, 0.2) is 24.8 Å². The van der Waals surface area contributed by atoms with Crippen LogP contribution < -0.4 is 9.13 Å². The second-order valence-corrected chi connectivity index (χ2v) is 13.4. The first-order valence-electron chi connectivity index (χ1n) is 19.7. The molecule has 2 heterocycles. The third-order valence-electron chi connectivity index (χ3n) is 9.09. The Labute approximate surface area is 292 Å². The second kappa shape index (κ2) is 42.2. The van der Waals surface area contributed by atoms with Gasteiger partial charge < -0.3 is 16.4 Å². The number of aromatic nitrogens is 2. The number of rotatable bonds is 30. The van der Waals surface area contributed by atoms with Crippen molar-refractivity contribution < 1.29 is 25.6 Å². The monoisotopic (exact) mass is 663 g/mol. The molecule has 6 N–H and O–H groups in total. The van der Waals surface area contributed by atoms with Crippen molar-refractivity contribution in [3.63, 3.8) is 0 Å². The molecule has 0 saturated carbocycles. The predicted molar refractivity (Wildman–Crippen MR) is 205 cm³/mol. The lowest BCUT2D eigenvalue weighted by Crippen LogP contribution is -2.32. The van der Waals surface area contributed by atoms with E-state index in [0.29, 0.717) is 0 Å². The van der Waals surface area contributed by atoms with Crippen LogP contribution in [0.5, 0.6) is 0 Å². The molecule has 2 aromatic rings. The van der Waals surface area contributed by atoms with Crippen LogP contribution in [0.15, 0.2) is 61.2 Å². The van der Waals surface area contributed by atoms with Crippen LogP contribution >= 0.6 is 0 Å². The van der Waals surface area contributed by atoms with E-state index in [1.165, 1.54) is 193 Å². The molecule has 276 valence electrons. The molecular weight excluding hydrogens is 580 g/mol. The largest absolute Gasteiger partial charge is 0.412 e. The van der Waals surface area contributed by atoms with Gasteiger partial charge in [-0.25, -0.2) is 9.13 Å². The normalized spacial score (nSPS) is 10.3. The quantitative estimate of drug-likeness (QED) is 0.0587. The summed E-state index contributed by atoms with van der Waals surface area (Å²) in [6.45, 7) is 6.94. The van der Waals surface area contributed by atoms with Crippen LogP contribution in [-0.2, 0) is 13.1 Å². The fraction of sp³-hybridized carbons (Fsp3) is 0.762. The lowest BCUT2D eigenvalue weighted by molar-refractivity contribution is -0.697. The Bertz CT molecular complexity index is 723. The zero-order valence-corrected chi connectivity index (χ0v) is 31.4. The first-order valence-corrected chi connectivity index (χ1v) is 19.7. The number of nitrogens with zero attached hydrogens (tertiary/aromatic N) is 2. The Hall–Kier alpha value is -1.82. The Morgan fingerprint density at radius 2 is 0.447 bits per heavy atom. The average molecular weight is 663 g/mol.